The molecule has 0 fully saturated rings. The summed E-state index contributed by atoms with van der Waals surface area (Å²) >= 11 is 0. The van der Waals surface area contributed by atoms with Crippen molar-refractivity contribution in [2.75, 3.05) is 18.5 Å². The van der Waals surface area contributed by atoms with Crippen molar-refractivity contribution in [3.05, 3.63) is 89.5 Å². The first-order valence-electron chi connectivity index (χ1n) is 10.9. The predicted octanol–water partition coefficient (Wildman–Crippen LogP) is 5.70. The van der Waals surface area contributed by atoms with Gasteiger partial charge < -0.3 is 29.9 Å². The number of ether oxygens (including phenoxy) is 2. The van der Waals surface area contributed by atoms with Gasteiger partial charge >= 0.3 is 7.60 Å². The Morgan fingerprint density at radius 1 is 1.00 bits per heavy atom. The monoisotopic (exact) mass is 519 g/mol. The Morgan fingerprint density at radius 3 is 2.09 bits per heavy atom. The summed E-state index contributed by atoms with van der Waals surface area (Å²) in [6, 6.07) is 21.0. The second-order valence-corrected chi connectivity index (χ2v) is 9.37. The van der Waals surface area contributed by atoms with Crippen molar-refractivity contribution in [1.29, 1.82) is 5.41 Å². The molecule has 10 heteroatoms. The number of amidine groups is 1. The van der Waals surface area contributed by atoms with E-state index in [2.05, 4.69) is 5.32 Å². The Bertz CT molecular complexity index is 1120. The van der Waals surface area contributed by atoms with Crippen LogP contribution in [0.15, 0.2) is 72.8 Å². The number of hydrogen-bond donors (Lipinski definition) is 4. The Hall–Kier alpha value is -3.03. The highest BCUT2D eigenvalue weighted by atomic mass is 35.5. The fourth-order valence-corrected chi connectivity index (χ4v) is 4.65. The standard InChI is InChI=1S/C25H30N3O5P.ClH/c1-3-31-22-14-20(15-23(16-22)32-4-2)25(28-21-12-10-19(11-13-21)24(26)27)34(29,30)33-17-18-8-6-5-7-9-18;/h5-16,25,28H,3-4,17H2,1-2H3,(H3,26,27)(H,29,30);1H. The first-order chi connectivity index (χ1) is 16.3. The van der Waals surface area contributed by atoms with E-state index < -0.39 is 13.4 Å². The minimum Gasteiger partial charge on any atom is -0.494 e. The van der Waals surface area contributed by atoms with Crippen LogP contribution in [0.1, 0.15) is 36.3 Å². The maximum Gasteiger partial charge on any atom is 0.355 e. The zero-order valence-electron chi connectivity index (χ0n) is 19.6. The third kappa shape index (κ3) is 8.01. The van der Waals surface area contributed by atoms with Crippen molar-refractivity contribution in [1.82, 2.24) is 0 Å². The molecule has 5 N–H and O–H groups in total. The summed E-state index contributed by atoms with van der Waals surface area (Å²) in [5.41, 5.74) is 7.90. The summed E-state index contributed by atoms with van der Waals surface area (Å²) in [7, 11) is -4.25. The number of benzene rings is 3. The van der Waals surface area contributed by atoms with E-state index in [0.29, 0.717) is 41.5 Å². The maximum absolute atomic E-state index is 13.5. The normalized spacial score (nSPS) is 13.1. The van der Waals surface area contributed by atoms with Gasteiger partial charge in [-0.05, 0) is 61.4 Å². The lowest BCUT2D eigenvalue weighted by atomic mass is 10.1. The molecule has 2 atom stereocenters. The highest BCUT2D eigenvalue weighted by molar-refractivity contribution is 7.53. The van der Waals surface area contributed by atoms with Crippen LogP contribution < -0.4 is 20.5 Å². The van der Waals surface area contributed by atoms with E-state index in [4.69, 9.17) is 25.1 Å². The van der Waals surface area contributed by atoms with E-state index in [9.17, 15) is 9.46 Å². The van der Waals surface area contributed by atoms with Gasteiger partial charge in [-0.25, -0.2) is 0 Å². The molecule has 0 aliphatic heterocycles. The molecule has 0 bridgehead atoms. The minimum atomic E-state index is -4.25. The molecule has 2 unspecified atom stereocenters. The third-order valence-corrected chi connectivity index (χ3v) is 6.50. The van der Waals surface area contributed by atoms with Crippen LogP contribution in [-0.4, -0.2) is 23.9 Å². The summed E-state index contributed by atoms with van der Waals surface area (Å²) < 4.78 is 30.4. The fourth-order valence-electron chi connectivity index (χ4n) is 3.32. The van der Waals surface area contributed by atoms with E-state index in [1.807, 2.05) is 44.2 Å². The van der Waals surface area contributed by atoms with Crippen LogP contribution in [0.3, 0.4) is 0 Å². The predicted molar refractivity (Wildman–Crippen MR) is 141 cm³/mol. The zero-order valence-corrected chi connectivity index (χ0v) is 21.4. The van der Waals surface area contributed by atoms with Crippen molar-refractivity contribution in [3.8, 4) is 11.5 Å². The minimum absolute atomic E-state index is 0. The molecule has 188 valence electrons. The maximum atomic E-state index is 13.5. The van der Waals surface area contributed by atoms with Gasteiger partial charge in [-0.3, -0.25) is 9.97 Å². The number of anilines is 1. The second kappa shape index (κ2) is 13.2. The molecule has 0 radical (unpaired) electrons. The van der Waals surface area contributed by atoms with Crippen LogP contribution >= 0.6 is 20.0 Å². The largest absolute Gasteiger partial charge is 0.494 e. The van der Waals surface area contributed by atoms with Crippen LogP contribution in [0.25, 0.3) is 0 Å². The van der Waals surface area contributed by atoms with Crippen LogP contribution in [0.5, 0.6) is 11.5 Å². The highest BCUT2D eigenvalue weighted by Gasteiger charge is 2.35. The molecular formula is C25H31ClN3O5P. The number of nitrogens with two attached hydrogens (primary N) is 1. The van der Waals surface area contributed by atoms with Crippen LogP contribution in [0.4, 0.5) is 5.69 Å². The summed E-state index contributed by atoms with van der Waals surface area (Å²) in [6.07, 6.45) is 0. The van der Waals surface area contributed by atoms with Gasteiger partial charge in [0.1, 0.15) is 17.3 Å². The molecule has 0 saturated heterocycles. The van der Waals surface area contributed by atoms with Crippen molar-refractivity contribution in [2.45, 2.75) is 26.2 Å². The average Bonchev–Trinajstić information content (AvgIpc) is 2.82. The van der Waals surface area contributed by atoms with Gasteiger partial charge in [0.2, 0.25) is 0 Å². The van der Waals surface area contributed by atoms with E-state index in [1.165, 1.54) is 0 Å². The van der Waals surface area contributed by atoms with Crippen LogP contribution in [0.2, 0.25) is 0 Å². The van der Waals surface area contributed by atoms with E-state index in [1.54, 1.807) is 42.5 Å². The summed E-state index contributed by atoms with van der Waals surface area (Å²) in [6.45, 7) is 4.56. The number of halogens is 1. The third-order valence-electron chi connectivity index (χ3n) is 4.92. The summed E-state index contributed by atoms with van der Waals surface area (Å²) in [4.78, 5) is 11.1. The molecule has 0 aliphatic carbocycles. The average molecular weight is 520 g/mol. The molecule has 8 nitrogen and oxygen atoms in total. The Labute approximate surface area is 211 Å². The molecule has 0 aliphatic rings. The first kappa shape index (κ1) is 28.2. The summed E-state index contributed by atoms with van der Waals surface area (Å²) in [5, 5.41) is 10.7. The lowest BCUT2D eigenvalue weighted by Crippen LogP contribution is -2.15. The van der Waals surface area contributed by atoms with Crippen molar-refractivity contribution in [2.24, 2.45) is 5.73 Å². The quantitative estimate of drug-likeness (QED) is 0.137. The Balaban J connectivity index is 0.00000432. The smallest absolute Gasteiger partial charge is 0.355 e. The Kier molecular flexibility index (Phi) is 10.6. The fraction of sp³-hybridized carbons (Fsp3) is 0.240. The second-order valence-electron chi connectivity index (χ2n) is 7.46. The van der Waals surface area contributed by atoms with E-state index in [0.717, 1.165) is 5.56 Å². The zero-order chi connectivity index (χ0) is 24.6. The number of rotatable bonds is 12. The lowest BCUT2D eigenvalue weighted by Gasteiger charge is -2.26. The number of hydrogen-bond acceptors (Lipinski definition) is 6. The lowest BCUT2D eigenvalue weighted by molar-refractivity contribution is 0.244. The van der Waals surface area contributed by atoms with Crippen molar-refractivity contribution < 1.29 is 23.5 Å². The van der Waals surface area contributed by atoms with Gasteiger partial charge in [-0.15, -0.1) is 12.4 Å². The highest BCUT2D eigenvalue weighted by Crippen LogP contribution is 2.57. The van der Waals surface area contributed by atoms with Gasteiger partial charge in [0.25, 0.3) is 0 Å². The molecule has 3 rings (SSSR count). The molecule has 35 heavy (non-hydrogen) atoms. The molecule has 0 spiro atoms. The number of nitrogens with one attached hydrogen (secondary N) is 2. The Morgan fingerprint density at radius 2 is 1.57 bits per heavy atom. The van der Waals surface area contributed by atoms with Gasteiger partial charge in [0, 0.05) is 17.3 Å². The molecule has 3 aromatic carbocycles. The van der Waals surface area contributed by atoms with Crippen LogP contribution in [0, 0.1) is 5.41 Å². The van der Waals surface area contributed by atoms with E-state index >= 15 is 0 Å². The first-order valence-corrected chi connectivity index (χ1v) is 12.6. The van der Waals surface area contributed by atoms with Gasteiger partial charge in [0.05, 0.1) is 19.8 Å². The number of nitrogen functional groups attached to an aromatic ring is 1. The SMILES string of the molecule is CCOc1cc(OCC)cc(C(Nc2ccc(C(=N)N)cc2)P(=O)(O)OCc2ccccc2)c1.Cl. The molecule has 0 aromatic heterocycles. The topological polar surface area (TPSA) is 127 Å². The van der Waals surface area contributed by atoms with Gasteiger partial charge in [-0.2, -0.15) is 0 Å². The molecule has 0 heterocycles. The van der Waals surface area contributed by atoms with Crippen molar-refractivity contribution >= 4 is 31.5 Å². The van der Waals surface area contributed by atoms with Gasteiger partial charge in [-0.1, -0.05) is 30.3 Å². The molecule has 0 amide bonds. The van der Waals surface area contributed by atoms with Crippen molar-refractivity contribution in [3.63, 3.8) is 0 Å². The van der Waals surface area contributed by atoms with E-state index in [-0.39, 0.29) is 24.8 Å². The van der Waals surface area contributed by atoms with Crippen LogP contribution in [-0.2, 0) is 15.7 Å². The molecule has 0 saturated carbocycles. The summed E-state index contributed by atoms with van der Waals surface area (Å²) in [5.74, 6) is -0.137. The molecular weight excluding hydrogens is 489 g/mol. The van der Waals surface area contributed by atoms with Gasteiger partial charge in [0.15, 0.2) is 5.78 Å². The molecule has 3 aromatic rings.